The van der Waals surface area contributed by atoms with Gasteiger partial charge in [0.15, 0.2) is 5.78 Å². The molecule has 0 aliphatic heterocycles. The molecule has 0 aromatic heterocycles. The Labute approximate surface area is 190 Å². The van der Waals surface area contributed by atoms with E-state index in [1.165, 1.54) is 32.1 Å². The lowest BCUT2D eigenvalue weighted by atomic mass is 9.42. The quantitative estimate of drug-likeness (QED) is 0.559. The van der Waals surface area contributed by atoms with Crippen LogP contribution in [0.5, 0.6) is 0 Å². The Kier molecular flexibility index (Phi) is 6.21. The van der Waals surface area contributed by atoms with Crippen LogP contribution >= 0.6 is 0 Å². The largest absolute Gasteiger partial charge is 0.393 e. The number of hydrogen-bond acceptors (Lipinski definition) is 3. The summed E-state index contributed by atoms with van der Waals surface area (Å²) in [6.07, 6.45) is 9.39. The fourth-order valence-corrected chi connectivity index (χ4v) is 9.06. The van der Waals surface area contributed by atoms with Crippen LogP contribution in [0.1, 0.15) is 106 Å². The third kappa shape index (κ3) is 3.56. The van der Waals surface area contributed by atoms with Gasteiger partial charge in [-0.05, 0) is 85.4 Å². The van der Waals surface area contributed by atoms with Crippen molar-refractivity contribution in [1.82, 2.24) is 0 Å². The second-order valence-corrected chi connectivity index (χ2v) is 13.2. The standard InChI is InChI=1S/C28H48O3/c1-17(2)18(3)7-8-19(4)22-9-10-23-21-15-25(30)28(31)16-20(29)11-14-27(28,6)24(21)12-13-26(22,23)5/h17-24,29,31H,7-16H2,1-6H3/t18-,19-,20+,21?,22?,23?,24?,26-,27-,28+/m1/s1. The summed E-state index contributed by atoms with van der Waals surface area (Å²) in [6.45, 7) is 14.3. The molecular formula is C28H48O3. The lowest BCUT2D eigenvalue weighted by Crippen LogP contribution is -2.67. The van der Waals surface area contributed by atoms with Gasteiger partial charge in [0.2, 0.25) is 0 Å². The van der Waals surface area contributed by atoms with E-state index in [2.05, 4.69) is 41.5 Å². The highest BCUT2D eigenvalue weighted by Crippen LogP contribution is 2.68. The average Bonchev–Trinajstić information content (AvgIpc) is 3.05. The van der Waals surface area contributed by atoms with Crippen LogP contribution in [0.25, 0.3) is 0 Å². The summed E-state index contributed by atoms with van der Waals surface area (Å²) < 4.78 is 0. The van der Waals surface area contributed by atoms with E-state index in [-0.39, 0.29) is 17.6 Å². The minimum atomic E-state index is -1.31. The van der Waals surface area contributed by atoms with Crippen molar-refractivity contribution in [1.29, 1.82) is 0 Å². The second kappa shape index (κ2) is 8.12. The molecule has 3 nitrogen and oxygen atoms in total. The van der Waals surface area contributed by atoms with Crippen molar-refractivity contribution < 1.29 is 15.0 Å². The van der Waals surface area contributed by atoms with Gasteiger partial charge in [-0.2, -0.15) is 0 Å². The molecule has 0 aromatic carbocycles. The minimum absolute atomic E-state index is 0.0292. The fraction of sp³-hybridized carbons (Fsp3) is 0.964. The number of hydrogen-bond donors (Lipinski definition) is 2. The molecule has 3 heteroatoms. The van der Waals surface area contributed by atoms with Gasteiger partial charge in [-0.15, -0.1) is 0 Å². The van der Waals surface area contributed by atoms with Crippen LogP contribution in [0.15, 0.2) is 0 Å². The highest BCUT2D eigenvalue weighted by atomic mass is 16.3. The van der Waals surface area contributed by atoms with Crippen LogP contribution in [0, 0.1) is 52.3 Å². The molecule has 0 saturated heterocycles. The highest BCUT2D eigenvalue weighted by Gasteiger charge is 2.67. The van der Waals surface area contributed by atoms with Gasteiger partial charge >= 0.3 is 0 Å². The first-order valence-corrected chi connectivity index (χ1v) is 13.4. The lowest BCUT2D eigenvalue weighted by molar-refractivity contribution is -0.213. The van der Waals surface area contributed by atoms with Crippen molar-refractivity contribution in [2.45, 2.75) is 117 Å². The zero-order valence-electron chi connectivity index (χ0n) is 21.0. The molecule has 0 heterocycles. The van der Waals surface area contributed by atoms with E-state index in [4.69, 9.17) is 0 Å². The third-order valence-corrected chi connectivity index (χ3v) is 11.6. The molecule has 0 amide bonds. The van der Waals surface area contributed by atoms with Gasteiger partial charge in [0.05, 0.1) is 6.10 Å². The molecule has 0 radical (unpaired) electrons. The molecule has 4 aliphatic rings. The molecule has 0 spiro atoms. The van der Waals surface area contributed by atoms with Crippen LogP contribution in [-0.2, 0) is 4.79 Å². The van der Waals surface area contributed by atoms with Crippen molar-refractivity contribution in [3.8, 4) is 0 Å². The van der Waals surface area contributed by atoms with Crippen LogP contribution < -0.4 is 0 Å². The van der Waals surface area contributed by atoms with Gasteiger partial charge in [-0.3, -0.25) is 4.79 Å². The highest BCUT2D eigenvalue weighted by molar-refractivity contribution is 5.89. The summed E-state index contributed by atoms with van der Waals surface area (Å²) >= 11 is 0. The van der Waals surface area contributed by atoms with Gasteiger partial charge in [0.1, 0.15) is 5.60 Å². The SMILES string of the molecule is CC(C)[C@H](C)CC[C@@H](C)C1CCC2C3CC(=O)[C@@]4(O)C[C@@H](O)CC[C@]4(C)C3CC[C@@]21C. The number of ketones is 1. The number of carbonyl (C=O) groups is 1. The average molecular weight is 433 g/mol. The van der Waals surface area contributed by atoms with Gasteiger partial charge in [0, 0.05) is 18.3 Å². The lowest BCUT2D eigenvalue weighted by Gasteiger charge is -2.63. The van der Waals surface area contributed by atoms with Gasteiger partial charge in [-0.25, -0.2) is 0 Å². The second-order valence-electron chi connectivity index (χ2n) is 13.2. The monoisotopic (exact) mass is 432 g/mol. The summed E-state index contributed by atoms with van der Waals surface area (Å²) in [5, 5.41) is 21.8. The van der Waals surface area contributed by atoms with E-state index < -0.39 is 11.7 Å². The van der Waals surface area contributed by atoms with E-state index in [1.807, 2.05) is 0 Å². The fourth-order valence-electron chi connectivity index (χ4n) is 9.06. The predicted molar refractivity (Wildman–Crippen MR) is 125 cm³/mol. The van der Waals surface area contributed by atoms with Crippen LogP contribution in [0.2, 0.25) is 0 Å². The Bertz CT molecular complexity index is 688. The molecule has 31 heavy (non-hydrogen) atoms. The molecule has 178 valence electrons. The van der Waals surface area contributed by atoms with E-state index in [0.29, 0.717) is 29.6 Å². The first kappa shape index (κ1) is 23.7. The molecule has 0 bridgehead atoms. The molecule has 2 N–H and O–H groups in total. The topological polar surface area (TPSA) is 57.5 Å². The molecule has 4 unspecified atom stereocenters. The van der Waals surface area contributed by atoms with Crippen molar-refractivity contribution in [2.24, 2.45) is 52.3 Å². The normalized spacial score (nSPS) is 49.3. The molecule has 4 rings (SSSR count). The Hall–Kier alpha value is -0.410. The maximum absolute atomic E-state index is 13.3. The van der Waals surface area contributed by atoms with Gasteiger partial charge in [0.25, 0.3) is 0 Å². The molecule has 0 aromatic rings. The molecule has 4 fully saturated rings. The van der Waals surface area contributed by atoms with E-state index >= 15 is 0 Å². The number of rotatable bonds is 5. The Morgan fingerprint density at radius 1 is 0.968 bits per heavy atom. The first-order chi connectivity index (χ1) is 14.4. The van der Waals surface area contributed by atoms with Crippen LogP contribution in [0.3, 0.4) is 0 Å². The summed E-state index contributed by atoms with van der Waals surface area (Å²) in [6, 6.07) is 0. The molecule has 10 atom stereocenters. The number of fused-ring (bicyclic) bond motifs is 5. The number of Topliss-reactive ketones (excluding diaryl/α,β-unsaturated/α-hetero) is 1. The minimum Gasteiger partial charge on any atom is -0.393 e. The van der Waals surface area contributed by atoms with Crippen LogP contribution in [0.4, 0.5) is 0 Å². The van der Waals surface area contributed by atoms with E-state index in [9.17, 15) is 15.0 Å². The van der Waals surface area contributed by atoms with Crippen molar-refractivity contribution >= 4 is 5.78 Å². The van der Waals surface area contributed by atoms with Crippen molar-refractivity contribution in [3.63, 3.8) is 0 Å². The first-order valence-electron chi connectivity index (χ1n) is 13.4. The maximum Gasteiger partial charge on any atom is 0.165 e. The maximum atomic E-state index is 13.3. The number of aliphatic hydroxyl groups excluding tert-OH is 1. The number of aliphatic hydroxyl groups is 2. The van der Waals surface area contributed by atoms with Crippen molar-refractivity contribution in [2.75, 3.05) is 0 Å². The van der Waals surface area contributed by atoms with Gasteiger partial charge in [-0.1, -0.05) is 54.4 Å². The molecular weight excluding hydrogens is 384 g/mol. The summed E-state index contributed by atoms with van der Waals surface area (Å²) in [5.74, 6) is 4.59. The summed E-state index contributed by atoms with van der Waals surface area (Å²) in [7, 11) is 0. The molecule has 4 saturated carbocycles. The Morgan fingerprint density at radius 3 is 2.35 bits per heavy atom. The van der Waals surface area contributed by atoms with E-state index in [1.54, 1.807) is 0 Å². The van der Waals surface area contributed by atoms with Crippen molar-refractivity contribution in [3.05, 3.63) is 0 Å². The third-order valence-electron chi connectivity index (χ3n) is 11.6. The zero-order chi connectivity index (χ0) is 22.8. The Balaban J connectivity index is 1.53. The van der Waals surface area contributed by atoms with Gasteiger partial charge < -0.3 is 10.2 Å². The van der Waals surface area contributed by atoms with Crippen LogP contribution in [-0.4, -0.2) is 27.7 Å². The zero-order valence-corrected chi connectivity index (χ0v) is 21.0. The summed E-state index contributed by atoms with van der Waals surface area (Å²) in [5.41, 5.74) is -1.32. The predicted octanol–water partition coefficient (Wildman–Crippen LogP) is 6.01. The molecule has 4 aliphatic carbocycles. The summed E-state index contributed by atoms with van der Waals surface area (Å²) in [4.78, 5) is 13.3. The Morgan fingerprint density at radius 2 is 1.68 bits per heavy atom. The smallest absolute Gasteiger partial charge is 0.165 e. The van der Waals surface area contributed by atoms with E-state index in [0.717, 1.165) is 42.9 Å². The number of carbonyl (C=O) groups excluding carboxylic acids is 1.